The van der Waals surface area contributed by atoms with Crippen molar-refractivity contribution in [3.05, 3.63) is 17.0 Å². The lowest BCUT2D eigenvalue weighted by molar-refractivity contribution is 0.297. The van der Waals surface area contributed by atoms with Crippen LogP contribution in [0.25, 0.3) is 0 Å². The molecule has 2 rings (SSSR count). The number of hydrogen-bond acceptors (Lipinski definition) is 4. The van der Waals surface area contributed by atoms with Gasteiger partial charge in [0.15, 0.2) is 5.16 Å². The molecule has 1 aliphatic rings. The van der Waals surface area contributed by atoms with Crippen LogP contribution >= 0.6 is 11.8 Å². The van der Waals surface area contributed by atoms with Gasteiger partial charge in [-0.3, -0.25) is 0 Å². The molecular formula is C17H29N3S. The summed E-state index contributed by atoms with van der Waals surface area (Å²) < 4.78 is 0. The molecule has 1 fully saturated rings. The Hall–Kier alpha value is -0.610. The standard InChI is InChI=1S/C17H29N3S/c1-6-14-8-9-15(18-7-2)16(10-14)21-17-19-12(4)11(3)13(5)20-17/h14-16,18H,6-10H2,1-5H3. The quantitative estimate of drug-likeness (QED) is 0.833. The van der Waals surface area contributed by atoms with Crippen molar-refractivity contribution in [2.45, 2.75) is 76.8 Å². The zero-order chi connectivity index (χ0) is 15.4. The van der Waals surface area contributed by atoms with Gasteiger partial charge in [-0.2, -0.15) is 0 Å². The number of hydrogen-bond donors (Lipinski definition) is 1. The molecule has 0 aromatic carbocycles. The molecule has 1 aliphatic carbocycles. The molecule has 21 heavy (non-hydrogen) atoms. The third-order valence-corrected chi connectivity index (χ3v) is 6.03. The van der Waals surface area contributed by atoms with Crippen LogP contribution in [0, 0.1) is 26.7 Å². The van der Waals surface area contributed by atoms with Crippen molar-refractivity contribution in [2.75, 3.05) is 6.54 Å². The van der Waals surface area contributed by atoms with Gasteiger partial charge in [-0.15, -0.1) is 0 Å². The average Bonchev–Trinajstić information content (AvgIpc) is 2.46. The van der Waals surface area contributed by atoms with E-state index in [1.165, 1.54) is 31.2 Å². The summed E-state index contributed by atoms with van der Waals surface area (Å²) in [4.78, 5) is 9.39. The van der Waals surface area contributed by atoms with Crippen LogP contribution < -0.4 is 5.32 Å². The van der Waals surface area contributed by atoms with E-state index >= 15 is 0 Å². The second kappa shape index (κ2) is 7.59. The fourth-order valence-corrected chi connectivity index (χ4v) is 4.55. The Bertz CT molecular complexity index is 452. The third kappa shape index (κ3) is 4.19. The first-order valence-electron chi connectivity index (χ1n) is 8.27. The Morgan fingerprint density at radius 3 is 2.33 bits per heavy atom. The maximum absolute atomic E-state index is 4.70. The van der Waals surface area contributed by atoms with Gasteiger partial charge in [0.05, 0.1) is 0 Å². The Kier molecular flexibility index (Phi) is 6.06. The number of rotatable bonds is 5. The van der Waals surface area contributed by atoms with Gasteiger partial charge < -0.3 is 5.32 Å². The molecule has 0 spiro atoms. The number of thioether (sulfide) groups is 1. The van der Waals surface area contributed by atoms with E-state index in [1.54, 1.807) is 0 Å². The SMILES string of the molecule is CCNC1CCC(CC)CC1Sc1nc(C)c(C)c(C)n1. The summed E-state index contributed by atoms with van der Waals surface area (Å²) in [7, 11) is 0. The molecule has 1 aromatic heterocycles. The summed E-state index contributed by atoms with van der Waals surface area (Å²) in [5.74, 6) is 0.866. The number of nitrogens with zero attached hydrogens (tertiary/aromatic N) is 2. The number of aryl methyl sites for hydroxylation is 2. The molecule has 0 aliphatic heterocycles. The molecule has 1 N–H and O–H groups in total. The van der Waals surface area contributed by atoms with Crippen LogP contribution in [0.1, 0.15) is 56.5 Å². The van der Waals surface area contributed by atoms with Crippen LogP contribution in [0.15, 0.2) is 5.16 Å². The number of nitrogens with one attached hydrogen (secondary N) is 1. The second-order valence-corrected chi connectivity index (χ2v) is 7.42. The summed E-state index contributed by atoms with van der Waals surface area (Å²) in [6.07, 6.45) is 5.22. The highest BCUT2D eigenvalue weighted by Gasteiger charge is 2.30. The van der Waals surface area contributed by atoms with Gasteiger partial charge in [0.1, 0.15) is 0 Å². The highest BCUT2D eigenvalue weighted by molar-refractivity contribution is 7.99. The highest BCUT2D eigenvalue weighted by Crippen LogP contribution is 2.36. The Balaban J connectivity index is 2.13. The molecule has 1 aromatic rings. The van der Waals surface area contributed by atoms with E-state index in [-0.39, 0.29) is 0 Å². The molecular weight excluding hydrogens is 278 g/mol. The van der Waals surface area contributed by atoms with Gasteiger partial charge in [-0.1, -0.05) is 32.0 Å². The minimum Gasteiger partial charge on any atom is -0.313 e. The molecule has 0 bridgehead atoms. The van der Waals surface area contributed by atoms with Crippen molar-refractivity contribution in [3.63, 3.8) is 0 Å². The summed E-state index contributed by atoms with van der Waals surface area (Å²) in [5.41, 5.74) is 3.46. The van der Waals surface area contributed by atoms with Crippen molar-refractivity contribution in [2.24, 2.45) is 5.92 Å². The van der Waals surface area contributed by atoms with Gasteiger partial charge in [0.25, 0.3) is 0 Å². The largest absolute Gasteiger partial charge is 0.313 e. The van der Waals surface area contributed by atoms with E-state index in [2.05, 4.69) is 39.9 Å². The van der Waals surface area contributed by atoms with Crippen LogP contribution in [0.3, 0.4) is 0 Å². The summed E-state index contributed by atoms with van der Waals surface area (Å²) in [6, 6.07) is 0.605. The second-order valence-electron chi connectivity index (χ2n) is 6.21. The molecule has 3 unspecified atom stereocenters. The fraction of sp³-hybridized carbons (Fsp3) is 0.765. The van der Waals surface area contributed by atoms with Crippen molar-refractivity contribution >= 4 is 11.8 Å². The predicted molar refractivity (Wildman–Crippen MR) is 91.0 cm³/mol. The molecule has 3 nitrogen and oxygen atoms in total. The zero-order valence-corrected chi connectivity index (χ0v) is 14.9. The molecule has 3 atom stereocenters. The van der Waals surface area contributed by atoms with Crippen molar-refractivity contribution < 1.29 is 0 Å². The Morgan fingerprint density at radius 1 is 1.10 bits per heavy atom. The van der Waals surface area contributed by atoms with Gasteiger partial charge in [0, 0.05) is 22.7 Å². The van der Waals surface area contributed by atoms with Crippen LogP contribution in [0.2, 0.25) is 0 Å². The maximum atomic E-state index is 4.70. The van der Waals surface area contributed by atoms with E-state index in [1.807, 2.05) is 11.8 Å². The first-order chi connectivity index (χ1) is 10.0. The predicted octanol–water partition coefficient (Wildman–Crippen LogP) is 4.05. The van der Waals surface area contributed by atoms with Crippen LogP contribution in [0.5, 0.6) is 0 Å². The van der Waals surface area contributed by atoms with E-state index in [4.69, 9.17) is 9.97 Å². The molecule has 1 saturated carbocycles. The molecule has 0 saturated heterocycles. The molecule has 0 radical (unpaired) electrons. The minimum absolute atomic E-state index is 0.602. The minimum atomic E-state index is 0.602. The summed E-state index contributed by atoms with van der Waals surface area (Å²) in [6.45, 7) is 11.8. The lowest BCUT2D eigenvalue weighted by atomic mass is 9.84. The molecule has 1 heterocycles. The topological polar surface area (TPSA) is 37.8 Å². The summed E-state index contributed by atoms with van der Waals surface area (Å²) >= 11 is 1.88. The monoisotopic (exact) mass is 307 g/mol. The van der Waals surface area contributed by atoms with Gasteiger partial charge in [-0.25, -0.2) is 9.97 Å². The van der Waals surface area contributed by atoms with Crippen molar-refractivity contribution in [3.8, 4) is 0 Å². The van der Waals surface area contributed by atoms with Crippen molar-refractivity contribution in [1.82, 2.24) is 15.3 Å². The van der Waals surface area contributed by atoms with Crippen LogP contribution in [0.4, 0.5) is 0 Å². The fourth-order valence-electron chi connectivity index (χ4n) is 3.14. The molecule has 118 valence electrons. The van der Waals surface area contributed by atoms with E-state index in [9.17, 15) is 0 Å². The smallest absolute Gasteiger partial charge is 0.188 e. The highest BCUT2D eigenvalue weighted by atomic mass is 32.2. The third-order valence-electron chi connectivity index (χ3n) is 4.81. The maximum Gasteiger partial charge on any atom is 0.188 e. The van der Waals surface area contributed by atoms with Gasteiger partial charge >= 0.3 is 0 Å². The van der Waals surface area contributed by atoms with Crippen LogP contribution in [-0.2, 0) is 0 Å². The van der Waals surface area contributed by atoms with E-state index in [0.717, 1.165) is 29.0 Å². The molecule has 4 heteroatoms. The first-order valence-corrected chi connectivity index (χ1v) is 9.14. The van der Waals surface area contributed by atoms with Gasteiger partial charge in [0.2, 0.25) is 0 Å². The molecule has 0 amide bonds. The zero-order valence-electron chi connectivity index (χ0n) is 14.1. The van der Waals surface area contributed by atoms with E-state index < -0.39 is 0 Å². The Morgan fingerprint density at radius 2 is 1.76 bits per heavy atom. The van der Waals surface area contributed by atoms with Crippen LogP contribution in [-0.4, -0.2) is 27.8 Å². The van der Waals surface area contributed by atoms with Gasteiger partial charge in [-0.05, 0) is 58.1 Å². The lowest BCUT2D eigenvalue weighted by Crippen LogP contribution is -2.42. The average molecular weight is 308 g/mol. The number of aromatic nitrogens is 2. The van der Waals surface area contributed by atoms with Crippen molar-refractivity contribution in [1.29, 1.82) is 0 Å². The summed E-state index contributed by atoms with van der Waals surface area (Å²) in [5, 5.41) is 5.22. The normalized spacial score (nSPS) is 26.0. The van der Waals surface area contributed by atoms with E-state index in [0.29, 0.717) is 11.3 Å². The first kappa shape index (κ1) is 16.8. The Labute approximate surface area is 133 Å². The lowest BCUT2D eigenvalue weighted by Gasteiger charge is -2.35.